The van der Waals surface area contributed by atoms with E-state index in [1.807, 2.05) is 55.6 Å². The summed E-state index contributed by atoms with van der Waals surface area (Å²) in [6.07, 6.45) is 0. The van der Waals surface area contributed by atoms with Crippen molar-refractivity contribution in [3.63, 3.8) is 0 Å². The fourth-order valence-corrected chi connectivity index (χ4v) is 2.37. The van der Waals surface area contributed by atoms with E-state index in [1.165, 1.54) is 0 Å². The Morgan fingerprint density at radius 3 is 0.280 bits per heavy atom. The smallest absolute Gasteiger partial charge is 0.194 e. The zero-order valence-electron chi connectivity index (χ0n) is 102. The summed E-state index contributed by atoms with van der Waals surface area (Å²) in [6.45, 7) is 125. The van der Waals surface area contributed by atoms with Crippen LogP contribution in [-0.4, -0.2) is 233 Å². The summed E-state index contributed by atoms with van der Waals surface area (Å²) < 4.78 is 46.5. The van der Waals surface area contributed by atoms with Gasteiger partial charge in [0.15, 0.2) is 0 Å². The molecule has 0 saturated heterocycles. The Balaban J connectivity index is -0.0000000214. The summed E-state index contributed by atoms with van der Waals surface area (Å²) in [5.74, 6) is 0. The van der Waals surface area contributed by atoms with E-state index in [-0.39, 0.29) is 77.8 Å². The average molecular weight is 3900 g/mol. The third kappa shape index (κ3) is 1080. The molecule has 0 unspecified atom stereocenters. The molecule has 132 heavy (non-hydrogen) atoms. The van der Waals surface area contributed by atoms with E-state index >= 15 is 0 Å². The molecule has 0 N–H and O–H groups in total. The normalized spacial score (nSPS) is 8.00. The Hall–Kier alpha value is 6.00. The summed E-state index contributed by atoms with van der Waals surface area (Å²) >= 11 is 13.7. The fourth-order valence-electron chi connectivity index (χ4n) is 2.37. The maximum absolute atomic E-state index is 4.28. The first-order valence-electron chi connectivity index (χ1n) is 42.7. The zero-order chi connectivity index (χ0) is 110. The number of rotatable bonds is 16. The van der Waals surface area contributed by atoms with Crippen molar-refractivity contribution in [1.82, 2.24) is 0 Å². The van der Waals surface area contributed by atoms with Gasteiger partial charge in [-0.1, -0.05) is 166 Å². The molecule has 0 aromatic heterocycles. The minimum absolute atomic E-state index is 0. The van der Waals surface area contributed by atoms with Gasteiger partial charge in [0, 0.05) is 0 Å². The SMILES string of the molecule is CC(C)(C)[N]=[Ta].CC(C)(C)[N]=[Ta].CC(C)(C)[N]=[Ta].CC(C)(C)[N]=[Ta].CC(C)(C)[N]=[Ta].CC(C)(C)[N]=[Ta].CC(C)[N-]C(C)C.CC(C)[N-]C(C)C.CC[N-]C.CC[N-]C.CC[N-]C(C)C.CC[N-]C(C)C.CC[N-]CC.CC[N-]CC.C[N-]C.C[N-]C.C[N-]C(C)C.C[N-]C(C)C.C[N]=[Ta].C[N]=[Ta].C[N]=[Ta].C[N]=[Ta].C[N]=[Ta].C[N]=[Ta].[CH2-]C.[CH2-]C.[CH2-]C.[CH2-]C.[CH2-]C.[CH2-]C.[CH3-].[CH3-].[CH3-].[CH3-].[CH3-].[CH3-]. The maximum atomic E-state index is 4.28. The van der Waals surface area contributed by atoms with Crippen LogP contribution in [0.4, 0.5) is 0 Å². The minimum Gasteiger partial charge on any atom is -0.358 e. The molecule has 36 heteroatoms. The zero-order valence-corrected chi connectivity index (χ0v) is 140. The maximum Gasteiger partial charge on any atom is -0.194 e. The van der Waals surface area contributed by atoms with Gasteiger partial charge in [0.2, 0.25) is 0 Å². The second-order valence-electron chi connectivity index (χ2n) is 29.3. The Bertz CT molecular complexity index is 1390. The summed E-state index contributed by atoms with van der Waals surface area (Å²) in [7, 11) is 25.1. The van der Waals surface area contributed by atoms with Crippen LogP contribution < -0.4 is 0 Å². The van der Waals surface area contributed by atoms with Crippen LogP contribution in [0.25, 0.3) is 63.8 Å². The molecule has 0 aliphatic heterocycles. The molecular weight excluding hydrogens is 3660 g/mol. The van der Waals surface area contributed by atoms with Crippen molar-refractivity contribution in [2.24, 2.45) is 40.1 Å². The molecule has 0 aliphatic carbocycles. The first-order chi connectivity index (χ1) is 57.7. The molecule has 0 fully saturated rings. The molecule has 0 radical (unpaired) electrons. The predicted molar refractivity (Wildman–Crippen MR) is 581 cm³/mol. The molecule has 0 bridgehead atoms. The Morgan fingerprint density at radius 1 is 0.205 bits per heavy atom. The molecule has 24 nitrogen and oxygen atoms in total. The van der Waals surface area contributed by atoms with Crippen LogP contribution in [0.2, 0.25) is 0 Å². The largest absolute Gasteiger partial charge is 0.358 e. The van der Waals surface area contributed by atoms with Crippen LogP contribution in [0.15, 0.2) is 40.1 Å². The standard InChI is InChI=1S/2C6H14N.2C5H12N.2C4H10N.6C4H9N.2C4H10N.2C3H8N.2C2H6N.6C2H5.6CH3N.6CH3.12Ta/c2*1-5(2)7-6(3)4;2*1-4-6-5(2)3;2*1-4(2)5-3;6*1-4(2,3)5;2*1-3-5-4-2;2*1-3-4-2;2*1-3-2;12*1-2;;;;;;;;;;;;;;;;;;/h2*5-6H,1-4H3;2*5H,4H2,1-3H3;2*4H,1-3H3;6*1-3H3;2*3-4H2,1-2H3;2*3H2,1-2H3;2*1-2H3;6*1H2,2H3;6*1H3;6*1H3;;;;;;;;;;;;/q6*-1;;;;;;;12*-1;;;;;;;6*-1;;;;;;;;;;;;. The number of nitrogens with zero attached hydrogens (tertiary/aromatic N) is 24. The van der Waals surface area contributed by atoms with E-state index in [0.717, 1.165) is 303 Å². The third-order valence-electron chi connectivity index (χ3n) is 6.65. The second kappa shape index (κ2) is 264. The molecule has 0 aromatic rings. The quantitative estimate of drug-likeness (QED) is 0.130. The van der Waals surface area contributed by atoms with Gasteiger partial charge in [-0.05, 0) is 0 Å². The van der Waals surface area contributed by atoms with E-state index in [4.69, 9.17) is 0 Å². The molecule has 0 rings (SSSR count). The van der Waals surface area contributed by atoms with Gasteiger partial charge in [0.1, 0.15) is 0 Å². The van der Waals surface area contributed by atoms with Gasteiger partial charge in [-0.2, -0.15) is 150 Å². The molecule has 0 saturated carbocycles. The summed E-state index contributed by atoms with van der Waals surface area (Å²) in [4.78, 5) is 0. The van der Waals surface area contributed by atoms with E-state index in [2.05, 4.69) is 395 Å². The van der Waals surface area contributed by atoms with Crippen molar-refractivity contribution >= 4 is 0 Å². The molecule has 0 heterocycles. The van der Waals surface area contributed by atoms with Crippen LogP contribution in [0.3, 0.4) is 0 Å². The minimum atomic E-state index is 0. The molecular formula is C96H240N24Ta12-24. The average Bonchev–Trinajstić information content (AvgIpc) is 1.05. The van der Waals surface area contributed by atoms with Crippen molar-refractivity contribution in [3.8, 4) is 0 Å². The van der Waals surface area contributed by atoms with E-state index in [9.17, 15) is 0 Å². The van der Waals surface area contributed by atoms with Crippen LogP contribution >= 0.6 is 0 Å². The number of hydrogen-bond donors (Lipinski definition) is 0. The second-order valence-corrected chi connectivity index (χ2v) is 42.2. The van der Waals surface area contributed by atoms with Gasteiger partial charge >= 0.3 is 491 Å². The van der Waals surface area contributed by atoms with Crippen LogP contribution in [0.1, 0.15) is 332 Å². The van der Waals surface area contributed by atoms with E-state index in [1.54, 1.807) is 126 Å². The number of hydrogen-bond acceptors (Lipinski definition) is 12. The van der Waals surface area contributed by atoms with Gasteiger partial charge in [0.05, 0.1) is 0 Å². The monoisotopic (exact) mass is 3900 g/mol. The van der Waals surface area contributed by atoms with Crippen LogP contribution in [-0.2, 0) is 251 Å². The first-order valence-corrected chi connectivity index (χ1v) is 60.0. The molecule has 0 spiro atoms. The molecule has 0 aromatic carbocycles. The molecule has 828 valence electrons. The molecule has 0 amide bonds. The molecule has 0 atom stereocenters. The van der Waals surface area contributed by atoms with Gasteiger partial charge in [0.25, 0.3) is 0 Å². The summed E-state index contributed by atoms with van der Waals surface area (Å²) in [5, 5.41) is 47.0. The fraction of sp³-hybridized carbons (Fsp3) is 0.875. The Labute approximate surface area is 992 Å². The van der Waals surface area contributed by atoms with Gasteiger partial charge in [-0.3, -0.25) is 0 Å². The van der Waals surface area contributed by atoms with Crippen LogP contribution in [0.5, 0.6) is 0 Å². The van der Waals surface area contributed by atoms with E-state index in [0.29, 0.717) is 48.3 Å². The van der Waals surface area contributed by atoms with E-state index < -0.39 is 0 Å². The van der Waals surface area contributed by atoms with Crippen LogP contribution in [0, 0.1) is 86.1 Å². The predicted octanol–water partition coefficient (Wildman–Crippen LogP) is 35.7. The summed E-state index contributed by atoms with van der Waals surface area (Å²) in [5.41, 5.74) is 1.30. The van der Waals surface area contributed by atoms with Crippen molar-refractivity contribution < 1.29 is 251 Å². The van der Waals surface area contributed by atoms with Crippen molar-refractivity contribution in [1.29, 1.82) is 0 Å². The first kappa shape index (κ1) is 249. The topological polar surface area (TPSA) is 318 Å². The molecule has 0 aliphatic rings. The Morgan fingerprint density at radius 2 is 0.280 bits per heavy atom. The summed E-state index contributed by atoms with van der Waals surface area (Å²) in [6, 6.07) is 4.06. The third-order valence-corrected chi connectivity index (χ3v) is 19.6. The van der Waals surface area contributed by atoms with Crippen molar-refractivity contribution in [3.05, 3.63) is 150 Å². The van der Waals surface area contributed by atoms with Crippen molar-refractivity contribution in [2.75, 3.05) is 151 Å². The van der Waals surface area contributed by atoms with Crippen molar-refractivity contribution in [2.45, 2.75) is 414 Å². The Kier molecular flexibility index (Phi) is 498. The van der Waals surface area contributed by atoms with Gasteiger partial charge in [-0.25, -0.2) is 0 Å². The van der Waals surface area contributed by atoms with Gasteiger partial charge in [-0.15, -0.1) is 48.3 Å². The van der Waals surface area contributed by atoms with Gasteiger partial charge < -0.3 is 150 Å².